The highest BCUT2D eigenvalue weighted by molar-refractivity contribution is 9.09. The van der Waals surface area contributed by atoms with E-state index in [-0.39, 0.29) is 23.7 Å². The number of nitrogens with zero attached hydrogens (tertiary/aromatic N) is 1. The van der Waals surface area contributed by atoms with Crippen molar-refractivity contribution in [2.24, 2.45) is 5.92 Å². The normalized spacial score (nSPS) is 17.7. The zero-order valence-corrected chi connectivity index (χ0v) is 13.0. The SMILES string of the molecule is CC(C)C(=O)N1c2ccc(C(=O)CBr)cc2CC1C. The van der Waals surface area contributed by atoms with E-state index in [4.69, 9.17) is 0 Å². The molecule has 1 amide bonds. The van der Waals surface area contributed by atoms with Crippen LogP contribution < -0.4 is 4.90 Å². The summed E-state index contributed by atoms with van der Waals surface area (Å²) in [5, 5.41) is 0.329. The summed E-state index contributed by atoms with van der Waals surface area (Å²) in [6.07, 6.45) is 0.817. The Labute approximate surface area is 122 Å². The molecule has 1 aromatic carbocycles. The predicted octanol–water partition coefficient (Wildman–Crippen LogP) is 3.20. The van der Waals surface area contributed by atoms with Crippen LogP contribution in [0.5, 0.6) is 0 Å². The highest BCUT2D eigenvalue weighted by Crippen LogP contribution is 2.34. The van der Waals surface area contributed by atoms with E-state index in [1.807, 2.05) is 37.8 Å². The quantitative estimate of drug-likeness (QED) is 0.632. The largest absolute Gasteiger partial charge is 0.309 e. The van der Waals surface area contributed by atoms with E-state index in [0.29, 0.717) is 10.9 Å². The molecular weight excluding hydrogens is 306 g/mol. The van der Waals surface area contributed by atoms with Gasteiger partial charge in [0.25, 0.3) is 0 Å². The van der Waals surface area contributed by atoms with Gasteiger partial charge in [0.1, 0.15) is 0 Å². The second-order valence-corrected chi connectivity index (χ2v) is 5.88. The van der Waals surface area contributed by atoms with Gasteiger partial charge in [-0.05, 0) is 37.1 Å². The predicted molar refractivity (Wildman–Crippen MR) is 80.1 cm³/mol. The molecule has 1 heterocycles. The van der Waals surface area contributed by atoms with Crippen LogP contribution in [0.4, 0.5) is 5.69 Å². The van der Waals surface area contributed by atoms with Gasteiger partial charge in [-0.2, -0.15) is 0 Å². The third-order valence-corrected chi connectivity index (χ3v) is 3.98. The van der Waals surface area contributed by atoms with Gasteiger partial charge in [0.2, 0.25) is 5.91 Å². The Kier molecular flexibility index (Phi) is 4.09. The van der Waals surface area contributed by atoms with E-state index in [9.17, 15) is 9.59 Å². The smallest absolute Gasteiger partial charge is 0.229 e. The number of hydrogen-bond acceptors (Lipinski definition) is 2. The molecule has 1 aliphatic heterocycles. The number of halogens is 1. The van der Waals surface area contributed by atoms with E-state index in [1.165, 1.54) is 0 Å². The highest BCUT2D eigenvalue weighted by atomic mass is 79.9. The Bertz CT molecular complexity index is 525. The number of rotatable bonds is 3. The van der Waals surface area contributed by atoms with E-state index in [1.54, 1.807) is 6.07 Å². The van der Waals surface area contributed by atoms with Crippen molar-refractivity contribution in [2.45, 2.75) is 33.2 Å². The van der Waals surface area contributed by atoms with Crippen LogP contribution in [-0.2, 0) is 11.2 Å². The summed E-state index contributed by atoms with van der Waals surface area (Å²) in [5.41, 5.74) is 2.76. The Morgan fingerprint density at radius 1 is 1.42 bits per heavy atom. The Balaban J connectivity index is 2.38. The van der Waals surface area contributed by atoms with Gasteiger partial charge in [0, 0.05) is 23.2 Å². The lowest BCUT2D eigenvalue weighted by Gasteiger charge is -2.24. The molecule has 0 bridgehead atoms. The van der Waals surface area contributed by atoms with Crippen molar-refractivity contribution in [2.75, 3.05) is 10.2 Å². The number of alkyl halides is 1. The number of amides is 1. The average molecular weight is 324 g/mol. The number of anilines is 1. The highest BCUT2D eigenvalue weighted by Gasteiger charge is 2.32. The molecule has 0 fully saturated rings. The summed E-state index contributed by atoms with van der Waals surface area (Å²) in [6.45, 7) is 5.87. The van der Waals surface area contributed by atoms with E-state index in [2.05, 4.69) is 15.9 Å². The Morgan fingerprint density at radius 2 is 2.11 bits per heavy atom. The third-order valence-electron chi connectivity index (χ3n) is 3.47. The van der Waals surface area contributed by atoms with E-state index >= 15 is 0 Å². The number of fused-ring (bicyclic) bond motifs is 1. The first-order valence-electron chi connectivity index (χ1n) is 6.51. The molecule has 1 unspecified atom stereocenters. The number of carbonyl (C=O) groups is 2. The maximum atomic E-state index is 12.2. The molecule has 0 N–H and O–H groups in total. The molecule has 0 spiro atoms. The second kappa shape index (κ2) is 5.45. The summed E-state index contributed by atoms with van der Waals surface area (Å²) in [6, 6.07) is 5.79. The van der Waals surface area contributed by atoms with Crippen LogP contribution in [0, 0.1) is 5.92 Å². The minimum absolute atomic E-state index is 0.0164. The maximum absolute atomic E-state index is 12.2. The van der Waals surface area contributed by atoms with Crippen molar-refractivity contribution in [1.29, 1.82) is 0 Å². The third kappa shape index (κ3) is 2.59. The fourth-order valence-electron chi connectivity index (χ4n) is 2.50. The van der Waals surface area contributed by atoms with Crippen LogP contribution in [0.25, 0.3) is 0 Å². The van der Waals surface area contributed by atoms with Gasteiger partial charge in [-0.1, -0.05) is 29.8 Å². The number of hydrogen-bond donors (Lipinski definition) is 0. The molecule has 0 saturated heterocycles. The van der Waals surface area contributed by atoms with Crippen molar-refractivity contribution in [3.63, 3.8) is 0 Å². The fraction of sp³-hybridized carbons (Fsp3) is 0.467. The van der Waals surface area contributed by atoms with Crippen LogP contribution in [0.15, 0.2) is 18.2 Å². The molecule has 0 radical (unpaired) electrons. The first kappa shape index (κ1) is 14.3. The van der Waals surface area contributed by atoms with Crippen molar-refractivity contribution in [3.8, 4) is 0 Å². The first-order chi connectivity index (χ1) is 8.95. The summed E-state index contributed by atoms with van der Waals surface area (Å²) in [7, 11) is 0. The second-order valence-electron chi connectivity index (χ2n) is 5.32. The monoisotopic (exact) mass is 323 g/mol. The molecule has 0 aromatic heterocycles. The zero-order valence-electron chi connectivity index (χ0n) is 11.4. The maximum Gasteiger partial charge on any atom is 0.229 e. The summed E-state index contributed by atoms with van der Waals surface area (Å²) < 4.78 is 0. The molecule has 0 saturated carbocycles. The minimum atomic E-state index is -0.0164. The molecule has 4 heteroatoms. The van der Waals surface area contributed by atoms with E-state index < -0.39 is 0 Å². The minimum Gasteiger partial charge on any atom is -0.309 e. The Hall–Kier alpha value is -1.16. The molecule has 1 atom stereocenters. The van der Waals surface area contributed by atoms with Gasteiger partial charge >= 0.3 is 0 Å². The van der Waals surface area contributed by atoms with E-state index in [0.717, 1.165) is 17.7 Å². The zero-order chi connectivity index (χ0) is 14.2. The van der Waals surface area contributed by atoms with Crippen LogP contribution >= 0.6 is 15.9 Å². The van der Waals surface area contributed by atoms with Crippen molar-refractivity contribution in [1.82, 2.24) is 0 Å². The van der Waals surface area contributed by atoms with Gasteiger partial charge in [-0.25, -0.2) is 0 Å². The lowest BCUT2D eigenvalue weighted by molar-refractivity contribution is -0.121. The van der Waals surface area contributed by atoms with Crippen LogP contribution in [0.2, 0.25) is 0 Å². The van der Waals surface area contributed by atoms with Crippen molar-refractivity contribution in [3.05, 3.63) is 29.3 Å². The average Bonchev–Trinajstić information content (AvgIpc) is 2.71. The van der Waals surface area contributed by atoms with Crippen LogP contribution in [0.3, 0.4) is 0 Å². The van der Waals surface area contributed by atoms with Crippen molar-refractivity contribution >= 4 is 33.3 Å². The molecule has 0 aliphatic carbocycles. The number of Topliss-reactive ketones (excluding diaryl/α,β-unsaturated/α-hetero) is 1. The molecule has 2 rings (SSSR count). The van der Waals surface area contributed by atoms with Gasteiger partial charge < -0.3 is 4.90 Å². The molecule has 1 aliphatic rings. The molecule has 102 valence electrons. The van der Waals surface area contributed by atoms with Gasteiger partial charge in [0.15, 0.2) is 5.78 Å². The first-order valence-corrected chi connectivity index (χ1v) is 7.63. The van der Waals surface area contributed by atoms with Gasteiger partial charge in [-0.15, -0.1) is 0 Å². The number of ketones is 1. The van der Waals surface area contributed by atoms with Crippen molar-refractivity contribution < 1.29 is 9.59 Å². The lowest BCUT2D eigenvalue weighted by atomic mass is 10.0. The number of carbonyl (C=O) groups excluding carboxylic acids is 2. The lowest BCUT2D eigenvalue weighted by Crippen LogP contribution is -2.38. The summed E-state index contributed by atoms with van der Waals surface area (Å²) in [4.78, 5) is 25.8. The number of benzene rings is 1. The molecule has 1 aromatic rings. The topological polar surface area (TPSA) is 37.4 Å². The van der Waals surface area contributed by atoms with Gasteiger partial charge in [0.05, 0.1) is 5.33 Å². The Morgan fingerprint density at radius 3 is 2.68 bits per heavy atom. The standard InChI is InChI=1S/C15H18BrNO2/c1-9(2)15(19)17-10(3)6-12-7-11(14(18)8-16)4-5-13(12)17/h4-5,7,9-10H,6,8H2,1-3H3. The van der Waals surface area contributed by atoms with Crippen LogP contribution in [0.1, 0.15) is 36.7 Å². The van der Waals surface area contributed by atoms with Gasteiger partial charge in [-0.3, -0.25) is 9.59 Å². The summed E-state index contributed by atoms with van der Waals surface area (Å²) in [5.74, 6) is 0.201. The molecule has 3 nitrogen and oxygen atoms in total. The van der Waals surface area contributed by atoms with Crippen LogP contribution in [-0.4, -0.2) is 23.1 Å². The molecular formula is C15H18BrNO2. The fourth-order valence-corrected chi connectivity index (χ4v) is 2.82. The summed E-state index contributed by atoms with van der Waals surface area (Å²) >= 11 is 3.18. The molecule has 19 heavy (non-hydrogen) atoms.